The van der Waals surface area contributed by atoms with Gasteiger partial charge < -0.3 is 15.1 Å². The maximum atomic E-state index is 12.8. The van der Waals surface area contributed by atoms with Gasteiger partial charge in [0.15, 0.2) is 0 Å². The van der Waals surface area contributed by atoms with Crippen molar-refractivity contribution in [2.45, 2.75) is 18.7 Å². The van der Waals surface area contributed by atoms with Crippen molar-refractivity contribution in [2.75, 3.05) is 42.7 Å². The Labute approximate surface area is 187 Å². The number of aromatic nitrogens is 2. The van der Waals surface area contributed by atoms with E-state index < -0.39 is 0 Å². The van der Waals surface area contributed by atoms with Gasteiger partial charge >= 0.3 is 0 Å². The summed E-state index contributed by atoms with van der Waals surface area (Å²) in [5, 5.41) is 3.29. The van der Waals surface area contributed by atoms with Crippen LogP contribution in [-0.4, -0.2) is 53.2 Å². The molecule has 3 aromatic rings. The van der Waals surface area contributed by atoms with Crippen molar-refractivity contribution < 1.29 is 4.79 Å². The molecule has 1 aliphatic rings. The first kappa shape index (κ1) is 21.2. The van der Waals surface area contributed by atoms with Crippen LogP contribution in [0.1, 0.15) is 21.6 Å². The summed E-state index contributed by atoms with van der Waals surface area (Å²) in [5.74, 6) is 1.57. The number of hydrogen-bond acceptors (Lipinski definition) is 6. The molecule has 0 atom stereocenters. The minimum atomic E-state index is 0.0906. The molecule has 2 aromatic carbocycles. The van der Waals surface area contributed by atoms with E-state index in [4.69, 9.17) is 4.98 Å². The summed E-state index contributed by atoms with van der Waals surface area (Å²) in [7, 11) is 0. The number of carbonyl (C=O) groups excluding carboxylic acids is 1. The highest BCUT2D eigenvalue weighted by Gasteiger charge is 2.23. The molecule has 0 bridgehead atoms. The molecule has 1 aliphatic heterocycles. The number of rotatable bonds is 5. The second kappa shape index (κ2) is 9.39. The summed E-state index contributed by atoms with van der Waals surface area (Å²) in [6, 6.07) is 18.0. The molecule has 0 spiro atoms. The van der Waals surface area contributed by atoms with E-state index >= 15 is 0 Å². The molecular formula is C24H27N5OS. The van der Waals surface area contributed by atoms with Crippen LogP contribution in [0, 0.1) is 13.8 Å². The molecule has 0 radical (unpaired) electrons. The molecule has 31 heavy (non-hydrogen) atoms. The molecular weight excluding hydrogens is 406 g/mol. The molecule has 7 heteroatoms. The summed E-state index contributed by atoms with van der Waals surface area (Å²) in [4.78, 5) is 27.4. The van der Waals surface area contributed by atoms with Crippen LogP contribution in [0.3, 0.4) is 0 Å². The van der Waals surface area contributed by atoms with Crippen molar-refractivity contribution >= 4 is 35.1 Å². The fraction of sp³-hybridized carbons (Fsp3) is 0.292. The molecule has 1 aromatic heterocycles. The van der Waals surface area contributed by atoms with Gasteiger partial charge in [-0.15, -0.1) is 11.8 Å². The highest BCUT2D eigenvalue weighted by molar-refractivity contribution is 7.98. The second-order valence-corrected chi connectivity index (χ2v) is 8.57. The van der Waals surface area contributed by atoms with Crippen molar-refractivity contribution in [1.82, 2.24) is 14.9 Å². The van der Waals surface area contributed by atoms with Crippen molar-refractivity contribution in [3.05, 3.63) is 71.4 Å². The monoisotopic (exact) mass is 433 g/mol. The predicted octanol–water partition coefficient (Wildman–Crippen LogP) is 4.52. The van der Waals surface area contributed by atoms with Crippen molar-refractivity contribution in [1.29, 1.82) is 0 Å². The van der Waals surface area contributed by atoms with Crippen LogP contribution < -0.4 is 10.2 Å². The third-order valence-corrected chi connectivity index (χ3v) is 6.12. The number of nitrogens with zero attached hydrogens (tertiary/aromatic N) is 4. The topological polar surface area (TPSA) is 61.4 Å². The highest BCUT2D eigenvalue weighted by atomic mass is 32.2. The average molecular weight is 434 g/mol. The van der Waals surface area contributed by atoms with E-state index in [1.54, 1.807) is 11.8 Å². The van der Waals surface area contributed by atoms with E-state index in [1.807, 2.05) is 60.5 Å². The number of carbonyl (C=O) groups is 1. The summed E-state index contributed by atoms with van der Waals surface area (Å²) >= 11 is 1.68. The first-order valence-corrected chi connectivity index (χ1v) is 11.6. The summed E-state index contributed by atoms with van der Waals surface area (Å²) in [5.41, 5.74) is 3.83. The van der Waals surface area contributed by atoms with Gasteiger partial charge in [-0.2, -0.15) is 4.98 Å². The van der Waals surface area contributed by atoms with Gasteiger partial charge in [-0.1, -0.05) is 17.7 Å². The lowest BCUT2D eigenvalue weighted by Gasteiger charge is -2.35. The predicted molar refractivity (Wildman–Crippen MR) is 128 cm³/mol. The summed E-state index contributed by atoms with van der Waals surface area (Å²) in [6.45, 7) is 6.88. The van der Waals surface area contributed by atoms with E-state index in [-0.39, 0.29) is 5.91 Å². The third-order valence-electron chi connectivity index (χ3n) is 5.38. The number of nitrogens with one attached hydrogen (secondary N) is 1. The number of aryl methyl sites for hydroxylation is 2. The molecule has 4 rings (SSSR count). The molecule has 1 fully saturated rings. The lowest BCUT2D eigenvalue weighted by molar-refractivity contribution is 0.0746. The van der Waals surface area contributed by atoms with Crippen molar-refractivity contribution in [2.24, 2.45) is 0 Å². The number of piperazine rings is 1. The SMILES string of the molecule is CSc1ccc(C(=O)N2CCN(c3cc(C)nc(Nc4ccc(C)cc4)n3)CC2)cc1. The number of thioether (sulfide) groups is 1. The maximum absolute atomic E-state index is 12.8. The van der Waals surface area contributed by atoms with Crippen LogP contribution in [0.15, 0.2) is 59.5 Å². The largest absolute Gasteiger partial charge is 0.353 e. The van der Waals surface area contributed by atoms with Gasteiger partial charge in [-0.3, -0.25) is 4.79 Å². The molecule has 1 saturated heterocycles. The van der Waals surface area contributed by atoms with Crippen LogP contribution in [0.2, 0.25) is 0 Å². The van der Waals surface area contributed by atoms with Crippen LogP contribution in [0.5, 0.6) is 0 Å². The third kappa shape index (κ3) is 5.17. The van der Waals surface area contributed by atoms with Gasteiger partial charge in [-0.05, 0) is 56.5 Å². The van der Waals surface area contributed by atoms with Crippen molar-refractivity contribution in [3.63, 3.8) is 0 Å². The maximum Gasteiger partial charge on any atom is 0.253 e. The average Bonchev–Trinajstić information content (AvgIpc) is 2.80. The zero-order chi connectivity index (χ0) is 21.8. The fourth-order valence-corrected chi connectivity index (χ4v) is 4.00. The first-order valence-electron chi connectivity index (χ1n) is 10.4. The Kier molecular flexibility index (Phi) is 6.42. The number of anilines is 3. The van der Waals surface area contributed by atoms with E-state index in [1.165, 1.54) is 5.56 Å². The smallest absolute Gasteiger partial charge is 0.253 e. The van der Waals surface area contributed by atoms with E-state index in [0.29, 0.717) is 19.0 Å². The Hall–Kier alpha value is -3.06. The van der Waals surface area contributed by atoms with Crippen LogP contribution in [0.25, 0.3) is 0 Å². The minimum Gasteiger partial charge on any atom is -0.353 e. The van der Waals surface area contributed by atoms with Crippen molar-refractivity contribution in [3.8, 4) is 0 Å². The van der Waals surface area contributed by atoms with Gasteiger partial charge in [0.05, 0.1) is 0 Å². The molecule has 160 valence electrons. The fourth-order valence-electron chi connectivity index (χ4n) is 3.59. The van der Waals surface area contributed by atoms with Gasteiger partial charge in [0.2, 0.25) is 5.95 Å². The quantitative estimate of drug-likeness (QED) is 0.597. The lowest BCUT2D eigenvalue weighted by Crippen LogP contribution is -2.49. The van der Waals surface area contributed by atoms with Crippen LogP contribution in [0.4, 0.5) is 17.5 Å². The molecule has 0 aliphatic carbocycles. The minimum absolute atomic E-state index is 0.0906. The van der Waals surface area contributed by atoms with Crippen LogP contribution in [-0.2, 0) is 0 Å². The van der Waals surface area contributed by atoms with Gasteiger partial charge in [0, 0.05) is 54.1 Å². The molecule has 0 saturated carbocycles. The Morgan fingerprint density at radius 3 is 2.26 bits per heavy atom. The zero-order valence-corrected chi connectivity index (χ0v) is 18.9. The van der Waals surface area contributed by atoms with Gasteiger partial charge in [-0.25, -0.2) is 4.98 Å². The molecule has 6 nitrogen and oxygen atoms in total. The number of hydrogen-bond donors (Lipinski definition) is 1. The number of benzene rings is 2. The molecule has 0 unspecified atom stereocenters. The molecule has 1 N–H and O–H groups in total. The Bertz CT molecular complexity index is 1040. The Morgan fingerprint density at radius 1 is 0.935 bits per heavy atom. The number of amides is 1. The molecule has 2 heterocycles. The zero-order valence-electron chi connectivity index (χ0n) is 18.1. The van der Waals surface area contributed by atoms with E-state index in [9.17, 15) is 4.79 Å². The second-order valence-electron chi connectivity index (χ2n) is 7.69. The normalized spacial score (nSPS) is 13.9. The molecule has 1 amide bonds. The first-order chi connectivity index (χ1) is 15.0. The lowest BCUT2D eigenvalue weighted by atomic mass is 10.2. The van der Waals surface area contributed by atoms with Gasteiger partial charge in [0.1, 0.15) is 5.82 Å². The highest BCUT2D eigenvalue weighted by Crippen LogP contribution is 2.21. The van der Waals surface area contributed by atoms with E-state index in [2.05, 4.69) is 34.3 Å². The summed E-state index contributed by atoms with van der Waals surface area (Å²) in [6.07, 6.45) is 2.03. The Morgan fingerprint density at radius 2 is 1.61 bits per heavy atom. The standard InChI is InChI=1S/C24H27N5OS/c1-17-4-8-20(9-5-17)26-24-25-18(2)16-22(27-24)28-12-14-29(15-13-28)23(30)19-6-10-21(31-3)11-7-19/h4-11,16H,12-15H2,1-3H3,(H,25,26,27). The van der Waals surface area contributed by atoms with Crippen LogP contribution >= 0.6 is 11.8 Å². The van der Waals surface area contributed by atoms with E-state index in [0.717, 1.165) is 40.7 Å². The summed E-state index contributed by atoms with van der Waals surface area (Å²) < 4.78 is 0. The van der Waals surface area contributed by atoms with Gasteiger partial charge in [0.25, 0.3) is 5.91 Å². The Balaban J connectivity index is 1.41.